The van der Waals surface area contributed by atoms with Crippen molar-refractivity contribution < 1.29 is 28.7 Å². The molecule has 0 saturated carbocycles. The molecule has 0 saturated heterocycles. The highest BCUT2D eigenvalue weighted by atomic mass is 16.6. The van der Waals surface area contributed by atoms with E-state index in [1.807, 2.05) is 13.8 Å². The highest BCUT2D eigenvalue weighted by Gasteiger charge is 2.18. The minimum Gasteiger partial charge on any atom is -0.493 e. The number of carbonyl (C=O) groups is 2. The van der Waals surface area contributed by atoms with Crippen LogP contribution in [0.15, 0.2) is 12.1 Å². The summed E-state index contributed by atoms with van der Waals surface area (Å²) >= 11 is 0. The van der Waals surface area contributed by atoms with Crippen molar-refractivity contribution in [2.75, 3.05) is 33.4 Å². The molecule has 0 spiro atoms. The summed E-state index contributed by atoms with van der Waals surface area (Å²) in [5.74, 6) is 0.501. The topological polar surface area (TPSA) is 129 Å². The Labute approximate surface area is 170 Å². The van der Waals surface area contributed by atoms with Gasteiger partial charge in [-0.2, -0.15) is 0 Å². The molecule has 2 N–H and O–H groups in total. The molecule has 0 fully saturated rings. The van der Waals surface area contributed by atoms with Crippen LogP contribution in [0.5, 0.6) is 11.5 Å². The van der Waals surface area contributed by atoms with E-state index in [2.05, 4.69) is 10.6 Å². The van der Waals surface area contributed by atoms with Gasteiger partial charge in [-0.1, -0.05) is 13.8 Å². The number of alkyl carbamates (subject to hydrolysis) is 1. The largest absolute Gasteiger partial charge is 0.493 e. The third kappa shape index (κ3) is 8.67. The van der Waals surface area contributed by atoms with Gasteiger partial charge < -0.3 is 24.8 Å². The summed E-state index contributed by atoms with van der Waals surface area (Å²) in [6, 6.07) is 2.94. The predicted octanol–water partition coefficient (Wildman–Crippen LogP) is 2.58. The lowest BCUT2D eigenvalue weighted by Crippen LogP contribution is -2.35. The molecule has 1 aromatic rings. The second kappa shape index (κ2) is 13.2. The number of hydrogen-bond donors (Lipinski definition) is 2. The SMILES string of the molecule is CCCOC(=O)NCCNC(=O)CCCOc1cc([N+](=O)[O-])c(CC)cc1OC. The van der Waals surface area contributed by atoms with Crippen molar-refractivity contribution in [2.24, 2.45) is 0 Å². The Bertz CT molecular complexity index is 695. The molecule has 0 bridgehead atoms. The van der Waals surface area contributed by atoms with E-state index in [1.54, 1.807) is 6.07 Å². The second-order valence-corrected chi connectivity index (χ2v) is 6.11. The molecule has 29 heavy (non-hydrogen) atoms. The lowest BCUT2D eigenvalue weighted by Gasteiger charge is -2.12. The average molecular weight is 411 g/mol. The zero-order valence-electron chi connectivity index (χ0n) is 17.1. The van der Waals surface area contributed by atoms with E-state index < -0.39 is 11.0 Å². The average Bonchev–Trinajstić information content (AvgIpc) is 2.72. The van der Waals surface area contributed by atoms with Crippen molar-refractivity contribution in [3.8, 4) is 11.5 Å². The van der Waals surface area contributed by atoms with Crippen molar-refractivity contribution in [3.05, 3.63) is 27.8 Å². The third-order valence-electron chi connectivity index (χ3n) is 3.90. The van der Waals surface area contributed by atoms with Crippen molar-refractivity contribution >= 4 is 17.7 Å². The van der Waals surface area contributed by atoms with Gasteiger partial charge in [-0.15, -0.1) is 0 Å². The van der Waals surface area contributed by atoms with E-state index in [-0.39, 0.29) is 36.9 Å². The van der Waals surface area contributed by atoms with Gasteiger partial charge in [-0.25, -0.2) is 4.79 Å². The van der Waals surface area contributed by atoms with Crippen LogP contribution in [0.25, 0.3) is 0 Å². The van der Waals surface area contributed by atoms with Crippen LogP contribution in [-0.4, -0.2) is 50.3 Å². The number of methoxy groups -OCH3 is 1. The number of nitrogens with zero attached hydrogens (tertiary/aromatic N) is 1. The molecule has 1 aromatic carbocycles. The molecule has 0 aliphatic carbocycles. The smallest absolute Gasteiger partial charge is 0.407 e. The molecule has 0 aliphatic heterocycles. The number of amides is 2. The molecule has 0 unspecified atom stereocenters. The summed E-state index contributed by atoms with van der Waals surface area (Å²) in [5, 5.41) is 16.4. The number of rotatable bonds is 13. The molecule has 0 atom stereocenters. The highest BCUT2D eigenvalue weighted by Crippen LogP contribution is 2.35. The molecular formula is C19H29N3O7. The Morgan fingerprint density at radius 2 is 1.83 bits per heavy atom. The Kier molecular flexibility index (Phi) is 10.9. The summed E-state index contributed by atoms with van der Waals surface area (Å²) in [7, 11) is 1.47. The first-order valence-corrected chi connectivity index (χ1v) is 9.58. The summed E-state index contributed by atoms with van der Waals surface area (Å²) in [6.45, 7) is 4.84. The normalized spacial score (nSPS) is 10.2. The van der Waals surface area contributed by atoms with Crippen LogP contribution in [0.1, 0.15) is 38.7 Å². The fourth-order valence-corrected chi connectivity index (χ4v) is 2.43. The number of aryl methyl sites for hydroxylation is 1. The van der Waals surface area contributed by atoms with E-state index in [4.69, 9.17) is 14.2 Å². The van der Waals surface area contributed by atoms with Gasteiger partial charge in [0.15, 0.2) is 11.5 Å². The fourth-order valence-electron chi connectivity index (χ4n) is 2.43. The van der Waals surface area contributed by atoms with Crippen LogP contribution < -0.4 is 20.1 Å². The number of nitro benzene ring substituents is 1. The van der Waals surface area contributed by atoms with E-state index in [1.165, 1.54) is 13.2 Å². The van der Waals surface area contributed by atoms with Crippen LogP contribution in [-0.2, 0) is 16.0 Å². The van der Waals surface area contributed by atoms with Crippen LogP contribution in [0.4, 0.5) is 10.5 Å². The van der Waals surface area contributed by atoms with Gasteiger partial charge in [-0.05, 0) is 25.3 Å². The van der Waals surface area contributed by atoms with Gasteiger partial charge in [0.1, 0.15) is 0 Å². The molecule has 2 amide bonds. The van der Waals surface area contributed by atoms with Crippen molar-refractivity contribution in [3.63, 3.8) is 0 Å². The zero-order valence-corrected chi connectivity index (χ0v) is 17.1. The molecular weight excluding hydrogens is 382 g/mol. The zero-order chi connectivity index (χ0) is 21.6. The van der Waals surface area contributed by atoms with Gasteiger partial charge in [0.25, 0.3) is 5.69 Å². The summed E-state index contributed by atoms with van der Waals surface area (Å²) in [4.78, 5) is 33.8. The number of nitro groups is 1. The van der Waals surface area contributed by atoms with Crippen LogP contribution in [0.3, 0.4) is 0 Å². The highest BCUT2D eigenvalue weighted by molar-refractivity contribution is 5.75. The number of nitrogens with one attached hydrogen (secondary N) is 2. The van der Waals surface area contributed by atoms with E-state index >= 15 is 0 Å². The Morgan fingerprint density at radius 3 is 2.45 bits per heavy atom. The number of carbonyl (C=O) groups excluding carboxylic acids is 2. The maximum Gasteiger partial charge on any atom is 0.407 e. The monoisotopic (exact) mass is 411 g/mol. The number of benzene rings is 1. The lowest BCUT2D eigenvalue weighted by molar-refractivity contribution is -0.385. The molecule has 10 nitrogen and oxygen atoms in total. The van der Waals surface area contributed by atoms with E-state index in [9.17, 15) is 19.7 Å². The first-order chi connectivity index (χ1) is 13.9. The van der Waals surface area contributed by atoms with Gasteiger partial charge >= 0.3 is 6.09 Å². The first-order valence-electron chi connectivity index (χ1n) is 9.58. The summed E-state index contributed by atoms with van der Waals surface area (Å²) in [5.41, 5.74) is 0.539. The first kappa shape index (κ1) is 24.0. The third-order valence-corrected chi connectivity index (χ3v) is 3.90. The lowest BCUT2D eigenvalue weighted by atomic mass is 10.1. The van der Waals surface area contributed by atoms with Gasteiger partial charge in [-0.3, -0.25) is 14.9 Å². The van der Waals surface area contributed by atoms with Crippen molar-refractivity contribution in [1.29, 1.82) is 0 Å². The standard InChI is InChI=1S/C19H29N3O7/c1-4-10-29-19(24)21-9-8-20-18(23)7-6-11-28-17-13-15(22(25)26)14(5-2)12-16(17)27-3/h12-13H,4-11H2,1-3H3,(H,20,23)(H,21,24). The van der Waals surface area contributed by atoms with Gasteiger partial charge in [0, 0.05) is 25.1 Å². The van der Waals surface area contributed by atoms with Crippen LogP contribution in [0.2, 0.25) is 0 Å². The minimum atomic E-state index is -0.508. The Hall–Kier alpha value is -3.04. The number of ether oxygens (including phenoxy) is 3. The Morgan fingerprint density at radius 1 is 1.10 bits per heavy atom. The second-order valence-electron chi connectivity index (χ2n) is 6.11. The van der Waals surface area contributed by atoms with E-state index in [0.717, 1.165) is 6.42 Å². The number of hydrogen-bond acceptors (Lipinski definition) is 7. The fraction of sp³-hybridized carbons (Fsp3) is 0.579. The Balaban J connectivity index is 2.37. The molecule has 0 aromatic heterocycles. The van der Waals surface area contributed by atoms with Crippen LogP contribution in [0, 0.1) is 10.1 Å². The van der Waals surface area contributed by atoms with Crippen molar-refractivity contribution in [1.82, 2.24) is 10.6 Å². The quantitative estimate of drug-likeness (QED) is 0.290. The molecule has 0 radical (unpaired) electrons. The van der Waals surface area contributed by atoms with Gasteiger partial charge in [0.2, 0.25) is 5.91 Å². The maximum absolute atomic E-state index is 11.8. The van der Waals surface area contributed by atoms with Gasteiger partial charge in [0.05, 0.1) is 31.3 Å². The summed E-state index contributed by atoms with van der Waals surface area (Å²) in [6.07, 6.45) is 1.38. The van der Waals surface area contributed by atoms with Crippen LogP contribution >= 0.6 is 0 Å². The molecule has 1 rings (SSSR count). The minimum absolute atomic E-state index is 0.0222. The molecule has 0 aliphatic rings. The van der Waals surface area contributed by atoms with Crippen molar-refractivity contribution in [2.45, 2.75) is 39.5 Å². The predicted molar refractivity (Wildman–Crippen MR) is 106 cm³/mol. The maximum atomic E-state index is 11.8. The van der Waals surface area contributed by atoms with E-state index in [0.29, 0.717) is 37.3 Å². The molecule has 162 valence electrons. The summed E-state index contributed by atoms with van der Waals surface area (Å²) < 4.78 is 15.7. The molecule has 10 heteroatoms. The molecule has 0 heterocycles.